The van der Waals surface area contributed by atoms with E-state index in [1.807, 2.05) is 24.4 Å². The van der Waals surface area contributed by atoms with Gasteiger partial charge in [-0.25, -0.2) is 4.79 Å². The molecule has 0 bridgehead atoms. The van der Waals surface area contributed by atoms with Crippen molar-refractivity contribution in [3.63, 3.8) is 0 Å². The van der Waals surface area contributed by atoms with Gasteiger partial charge in [-0.2, -0.15) is 0 Å². The van der Waals surface area contributed by atoms with Gasteiger partial charge in [-0.1, -0.05) is 0 Å². The van der Waals surface area contributed by atoms with E-state index < -0.39 is 0 Å². The van der Waals surface area contributed by atoms with Gasteiger partial charge >= 0.3 is 5.69 Å². The van der Waals surface area contributed by atoms with Crippen molar-refractivity contribution in [3.8, 4) is 16.9 Å². The molecule has 4 aromatic rings. The standard InChI is InChI=1S/C21H22N4O3/c1-24-11-15(13-9-10-22-17(13)20(24)26)14-7-8-16-18(23-21(27)25(16)2)19(14)28-12-5-3-4-6-12/h7-12,22H,3-6H2,1-2H3,(H,23,27). The Morgan fingerprint density at radius 2 is 1.82 bits per heavy atom. The third-order valence-electron chi connectivity index (χ3n) is 5.80. The number of nitrogens with one attached hydrogen (secondary N) is 2. The number of H-pyrrole nitrogens is 2. The first kappa shape index (κ1) is 16.9. The molecule has 0 radical (unpaired) electrons. The summed E-state index contributed by atoms with van der Waals surface area (Å²) >= 11 is 0. The fourth-order valence-electron chi connectivity index (χ4n) is 4.26. The summed E-state index contributed by atoms with van der Waals surface area (Å²) in [4.78, 5) is 30.7. The van der Waals surface area contributed by atoms with E-state index in [0.717, 1.165) is 47.7 Å². The highest BCUT2D eigenvalue weighted by molar-refractivity contribution is 6.00. The largest absolute Gasteiger partial charge is 0.488 e. The second kappa shape index (κ2) is 6.15. The van der Waals surface area contributed by atoms with Crippen molar-refractivity contribution < 1.29 is 4.74 Å². The second-order valence-electron chi connectivity index (χ2n) is 7.58. The summed E-state index contributed by atoms with van der Waals surface area (Å²) in [6, 6.07) is 5.81. The highest BCUT2D eigenvalue weighted by Gasteiger charge is 2.23. The molecule has 3 heterocycles. The fourth-order valence-corrected chi connectivity index (χ4v) is 4.26. The minimum Gasteiger partial charge on any atom is -0.488 e. The maximum atomic E-state index is 12.4. The van der Waals surface area contributed by atoms with Crippen molar-refractivity contribution in [1.29, 1.82) is 0 Å². The lowest BCUT2D eigenvalue weighted by Gasteiger charge is -2.18. The second-order valence-corrected chi connectivity index (χ2v) is 7.58. The predicted molar refractivity (Wildman–Crippen MR) is 109 cm³/mol. The molecule has 1 aliphatic rings. The summed E-state index contributed by atoms with van der Waals surface area (Å²) in [5, 5.41) is 0.844. The van der Waals surface area contributed by atoms with Gasteiger partial charge in [0.25, 0.3) is 5.56 Å². The Kier molecular flexibility index (Phi) is 3.72. The fraction of sp³-hybridized carbons (Fsp3) is 0.333. The van der Waals surface area contributed by atoms with Crippen LogP contribution in [0, 0.1) is 0 Å². The zero-order chi connectivity index (χ0) is 19.4. The van der Waals surface area contributed by atoms with Crippen LogP contribution in [0.2, 0.25) is 0 Å². The molecule has 0 spiro atoms. The van der Waals surface area contributed by atoms with Crippen molar-refractivity contribution in [3.05, 3.63) is 51.4 Å². The van der Waals surface area contributed by atoms with Crippen LogP contribution in [0.25, 0.3) is 33.1 Å². The van der Waals surface area contributed by atoms with Crippen molar-refractivity contribution in [2.75, 3.05) is 0 Å². The number of hydrogen-bond acceptors (Lipinski definition) is 3. The van der Waals surface area contributed by atoms with E-state index in [0.29, 0.717) is 16.8 Å². The third-order valence-corrected chi connectivity index (χ3v) is 5.80. The van der Waals surface area contributed by atoms with Crippen LogP contribution >= 0.6 is 0 Å². The molecule has 7 heteroatoms. The van der Waals surface area contributed by atoms with Crippen LogP contribution in [0.5, 0.6) is 5.75 Å². The Morgan fingerprint density at radius 3 is 2.61 bits per heavy atom. The van der Waals surface area contributed by atoms with Gasteiger partial charge in [0.15, 0.2) is 5.75 Å². The van der Waals surface area contributed by atoms with Crippen LogP contribution in [0.15, 0.2) is 40.2 Å². The monoisotopic (exact) mass is 378 g/mol. The number of aryl methyl sites for hydroxylation is 2. The molecule has 7 nitrogen and oxygen atoms in total. The molecule has 1 aliphatic carbocycles. The number of fused-ring (bicyclic) bond motifs is 2. The van der Waals surface area contributed by atoms with Gasteiger partial charge in [0, 0.05) is 43.0 Å². The van der Waals surface area contributed by atoms with Gasteiger partial charge in [0.2, 0.25) is 0 Å². The number of aromatic amines is 2. The lowest BCUT2D eigenvalue weighted by atomic mass is 10.0. The van der Waals surface area contributed by atoms with Crippen LogP contribution in [-0.2, 0) is 14.1 Å². The number of pyridine rings is 1. The summed E-state index contributed by atoms with van der Waals surface area (Å²) in [6.45, 7) is 0. The van der Waals surface area contributed by atoms with Crippen molar-refractivity contribution >= 4 is 21.9 Å². The summed E-state index contributed by atoms with van der Waals surface area (Å²) in [5.74, 6) is 0.684. The molecule has 1 fully saturated rings. The molecule has 1 saturated carbocycles. The van der Waals surface area contributed by atoms with Gasteiger partial charge in [0.1, 0.15) is 11.0 Å². The summed E-state index contributed by atoms with van der Waals surface area (Å²) in [7, 11) is 3.49. The molecule has 0 aliphatic heterocycles. The number of nitrogens with zero attached hydrogens (tertiary/aromatic N) is 2. The molecular weight excluding hydrogens is 356 g/mol. The number of benzene rings is 1. The average molecular weight is 378 g/mol. The number of hydrogen-bond donors (Lipinski definition) is 2. The first-order valence-corrected chi connectivity index (χ1v) is 9.60. The van der Waals surface area contributed by atoms with E-state index in [9.17, 15) is 9.59 Å². The molecule has 144 valence electrons. The molecule has 0 atom stereocenters. The summed E-state index contributed by atoms with van der Waals surface area (Å²) < 4.78 is 9.62. The molecule has 28 heavy (non-hydrogen) atoms. The van der Waals surface area contributed by atoms with Gasteiger partial charge in [-0.3, -0.25) is 9.36 Å². The van der Waals surface area contributed by atoms with Gasteiger partial charge in [0.05, 0.1) is 11.6 Å². The number of aromatic nitrogens is 4. The third kappa shape index (κ3) is 2.42. The van der Waals surface area contributed by atoms with E-state index in [1.165, 1.54) is 0 Å². The normalized spacial score (nSPS) is 15.1. The quantitative estimate of drug-likeness (QED) is 0.575. The zero-order valence-corrected chi connectivity index (χ0v) is 15.9. The van der Waals surface area contributed by atoms with Crippen molar-refractivity contribution in [1.82, 2.24) is 19.1 Å². The molecule has 3 aromatic heterocycles. The maximum absolute atomic E-state index is 12.4. The molecular formula is C21H22N4O3. The molecule has 0 unspecified atom stereocenters. The van der Waals surface area contributed by atoms with Crippen LogP contribution < -0.4 is 16.0 Å². The van der Waals surface area contributed by atoms with Gasteiger partial charge < -0.3 is 19.3 Å². The molecule has 2 N–H and O–H groups in total. The van der Waals surface area contributed by atoms with E-state index in [1.54, 1.807) is 29.4 Å². The SMILES string of the molecule is Cn1cc(-c2ccc3c([nH]c(=O)n3C)c2OC2CCCC2)c2cc[nH]c2c1=O. The first-order chi connectivity index (χ1) is 13.5. The van der Waals surface area contributed by atoms with Crippen LogP contribution in [0.3, 0.4) is 0 Å². The minimum absolute atomic E-state index is 0.0730. The highest BCUT2D eigenvalue weighted by Crippen LogP contribution is 2.40. The lowest BCUT2D eigenvalue weighted by molar-refractivity contribution is 0.213. The van der Waals surface area contributed by atoms with Crippen molar-refractivity contribution in [2.45, 2.75) is 31.8 Å². The average Bonchev–Trinajstić information content (AvgIpc) is 3.41. The number of imidazole rings is 1. The number of ether oxygens (including phenoxy) is 1. The molecule has 5 rings (SSSR count). The lowest BCUT2D eigenvalue weighted by Crippen LogP contribution is -2.17. The Bertz CT molecular complexity index is 1320. The summed E-state index contributed by atoms with van der Waals surface area (Å²) in [5.41, 5.74) is 3.60. The van der Waals surface area contributed by atoms with E-state index >= 15 is 0 Å². The minimum atomic E-state index is -0.171. The smallest absolute Gasteiger partial charge is 0.326 e. The Hall–Kier alpha value is -3.22. The predicted octanol–water partition coefficient (Wildman–Crippen LogP) is 3.04. The zero-order valence-electron chi connectivity index (χ0n) is 15.9. The van der Waals surface area contributed by atoms with Crippen LogP contribution in [0.1, 0.15) is 25.7 Å². The van der Waals surface area contributed by atoms with Crippen LogP contribution in [-0.4, -0.2) is 25.2 Å². The highest BCUT2D eigenvalue weighted by atomic mass is 16.5. The van der Waals surface area contributed by atoms with Crippen LogP contribution in [0.4, 0.5) is 0 Å². The van der Waals surface area contributed by atoms with E-state index in [4.69, 9.17) is 4.74 Å². The van der Waals surface area contributed by atoms with E-state index in [2.05, 4.69) is 9.97 Å². The molecule has 0 saturated heterocycles. The maximum Gasteiger partial charge on any atom is 0.326 e. The number of rotatable bonds is 3. The molecule has 1 aromatic carbocycles. The van der Waals surface area contributed by atoms with Gasteiger partial charge in [-0.15, -0.1) is 0 Å². The Balaban J connectivity index is 1.82. The van der Waals surface area contributed by atoms with E-state index in [-0.39, 0.29) is 17.4 Å². The summed E-state index contributed by atoms with van der Waals surface area (Å²) in [6.07, 6.45) is 8.09. The Morgan fingerprint density at radius 1 is 1.04 bits per heavy atom. The topological polar surface area (TPSA) is 84.8 Å². The Labute approximate surface area is 160 Å². The molecule has 0 amide bonds. The van der Waals surface area contributed by atoms with Gasteiger partial charge in [-0.05, 0) is 43.9 Å². The first-order valence-electron chi connectivity index (χ1n) is 9.60. The van der Waals surface area contributed by atoms with Crippen molar-refractivity contribution in [2.24, 2.45) is 14.1 Å².